The molecule has 0 aliphatic carbocycles. The first-order valence-corrected chi connectivity index (χ1v) is 17.2. The van der Waals surface area contributed by atoms with Gasteiger partial charge in [-0.15, -0.1) is 11.3 Å². The van der Waals surface area contributed by atoms with Crippen LogP contribution in [0.5, 0.6) is 0 Å². The third-order valence-electron chi connectivity index (χ3n) is 8.93. The van der Waals surface area contributed by atoms with Crippen molar-refractivity contribution in [3.63, 3.8) is 0 Å². The van der Waals surface area contributed by atoms with Crippen molar-refractivity contribution < 1.29 is 0 Å². The third kappa shape index (κ3) is 5.69. The van der Waals surface area contributed by atoms with Gasteiger partial charge >= 0.3 is 0 Å². The summed E-state index contributed by atoms with van der Waals surface area (Å²) in [6, 6.07) is 61.7. The Labute approximate surface area is 288 Å². The molecule has 0 unspecified atom stereocenters. The van der Waals surface area contributed by atoms with Crippen molar-refractivity contribution in [2.75, 3.05) is 0 Å². The standard InChI is InChI=1S/C45H29N3S/c1-4-12-30(13-5-1)31-20-22-32(23-21-31)36-26-37(35-24-25-40-39-18-10-11-19-41(39)49-42(40)29-35)28-38(27-36)45-47-43(33-14-6-2-7-15-33)46-44(48-45)34-16-8-3-9-17-34/h1-29H. The van der Waals surface area contributed by atoms with Crippen LogP contribution >= 0.6 is 11.3 Å². The van der Waals surface area contributed by atoms with E-state index in [0.29, 0.717) is 17.5 Å². The molecule has 0 radical (unpaired) electrons. The second-order valence-corrected chi connectivity index (χ2v) is 13.2. The number of hydrogen-bond acceptors (Lipinski definition) is 4. The summed E-state index contributed by atoms with van der Waals surface area (Å²) in [5.41, 5.74) is 9.73. The Kier molecular flexibility index (Phi) is 7.34. The Morgan fingerprint density at radius 3 is 1.29 bits per heavy atom. The van der Waals surface area contributed by atoms with Gasteiger partial charge in [0.15, 0.2) is 17.5 Å². The van der Waals surface area contributed by atoms with Gasteiger partial charge in [0, 0.05) is 36.9 Å². The largest absolute Gasteiger partial charge is 0.208 e. The predicted molar refractivity (Wildman–Crippen MR) is 205 cm³/mol. The Morgan fingerprint density at radius 2 is 0.673 bits per heavy atom. The number of fused-ring (bicyclic) bond motifs is 3. The van der Waals surface area contributed by atoms with Crippen LogP contribution in [0.25, 0.3) is 87.7 Å². The van der Waals surface area contributed by atoms with E-state index >= 15 is 0 Å². The van der Waals surface area contributed by atoms with Gasteiger partial charge in [-0.05, 0) is 63.7 Å². The summed E-state index contributed by atoms with van der Waals surface area (Å²) in [4.78, 5) is 15.1. The van der Waals surface area contributed by atoms with E-state index in [-0.39, 0.29) is 0 Å². The summed E-state index contributed by atoms with van der Waals surface area (Å²) in [5.74, 6) is 1.94. The minimum atomic E-state index is 0.639. The molecule has 9 rings (SSSR count). The molecule has 0 spiro atoms. The van der Waals surface area contributed by atoms with Crippen LogP contribution < -0.4 is 0 Å². The lowest BCUT2D eigenvalue weighted by atomic mass is 9.94. The quantitative estimate of drug-likeness (QED) is 0.181. The van der Waals surface area contributed by atoms with Crippen molar-refractivity contribution in [1.82, 2.24) is 15.0 Å². The highest BCUT2D eigenvalue weighted by Crippen LogP contribution is 2.39. The van der Waals surface area contributed by atoms with Crippen molar-refractivity contribution in [3.8, 4) is 67.5 Å². The zero-order chi connectivity index (χ0) is 32.6. The van der Waals surface area contributed by atoms with E-state index in [0.717, 1.165) is 38.9 Å². The van der Waals surface area contributed by atoms with Crippen LogP contribution in [0.15, 0.2) is 176 Å². The van der Waals surface area contributed by atoms with E-state index < -0.39 is 0 Å². The average molecular weight is 644 g/mol. The Morgan fingerprint density at radius 1 is 0.265 bits per heavy atom. The van der Waals surface area contributed by atoms with Gasteiger partial charge in [-0.3, -0.25) is 0 Å². The minimum absolute atomic E-state index is 0.639. The summed E-state index contributed by atoms with van der Waals surface area (Å²) < 4.78 is 2.57. The maximum atomic E-state index is 5.08. The van der Waals surface area contributed by atoms with E-state index in [9.17, 15) is 0 Å². The van der Waals surface area contributed by atoms with Crippen LogP contribution in [0.3, 0.4) is 0 Å². The zero-order valence-corrected chi connectivity index (χ0v) is 27.3. The molecular weight excluding hydrogens is 615 g/mol. The molecule has 7 aromatic carbocycles. The number of nitrogens with zero attached hydrogens (tertiary/aromatic N) is 3. The van der Waals surface area contributed by atoms with Crippen LogP contribution in [0.4, 0.5) is 0 Å². The first-order valence-electron chi connectivity index (χ1n) is 16.4. The molecule has 2 heterocycles. The molecule has 0 aliphatic rings. The summed E-state index contributed by atoms with van der Waals surface area (Å²) >= 11 is 1.84. The molecule has 0 N–H and O–H groups in total. The van der Waals surface area contributed by atoms with Gasteiger partial charge in [-0.2, -0.15) is 0 Å². The Hall–Kier alpha value is -6.23. The highest BCUT2D eigenvalue weighted by molar-refractivity contribution is 7.25. The molecule has 0 bridgehead atoms. The molecule has 0 saturated heterocycles. The van der Waals surface area contributed by atoms with E-state index in [1.807, 2.05) is 72.0 Å². The van der Waals surface area contributed by atoms with Crippen LogP contribution in [0.1, 0.15) is 0 Å². The number of rotatable bonds is 6. The topological polar surface area (TPSA) is 38.7 Å². The molecule has 0 saturated carbocycles. The SMILES string of the molecule is c1ccc(-c2ccc(-c3cc(-c4ccc5c(c4)sc4ccccc45)cc(-c4nc(-c5ccccc5)nc(-c5ccccc5)n4)c3)cc2)cc1. The number of aromatic nitrogens is 3. The van der Waals surface area contributed by atoms with E-state index in [4.69, 9.17) is 15.0 Å². The monoisotopic (exact) mass is 643 g/mol. The van der Waals surface area contributed by atoms with Gasteiger partial charge < -0.3 is 0 Å². The van der Waals surface area contributed by atoms with Crippen molar-refractivity contribution >= 4 is 31.5 Å². The normalized spacial score (nSPS) is 11.3. The summed E-state index contributed by atoms with van der Waals surface area (Å²) in [6.45, 7) is 0. The molecule has 2 aromatic heterocycles. The van der Waals surface area contributed by atoms with Crippen molar-refractivity contribution in [2.24, 2.45) is 0 Å². The fourth-order valence-electron chi connectivity index (χ4n) is 6.42. The smallest absolute Gasteiger partial charge is 0.164 e. The highest BCUT2D eigenvalue weighted by atomic mass is 32.1. The van der Waals surface area contributed by atoms with Crippen LogP contribution in [0.2, 0.25) is 0 Å². The van der Waals surface area contributed by atoms with E-state index in [1.54, 1.807) is 0 Å². The minimum Gasteiger partial charge on any atom is -0.208 e. The fourth-order valence-corrected chi connectivity index (χ4v) is 7.56. The van der Waals surface area contributed by atoms with Gasteiger partial charge in [0.1, 0.15) is 0 Å². The van der Waals surface area contributed by atoms with E-state index in [2.05, 4.69) is 115 Å². The lowest BCUT2D eigenvalue weighted by Crippen LogP contribution is -2.00. The molecule has 3 nitrogen and oxygen atoms in total. The zero-order valence-electron chi connectivity index (χ0n) is 26.5. The van der Waals surface area contributed by atoms with Gasteiger partial charge in [-0.25, -0.2) is 15.0 Å². The van der Waals surface area contributed by atoms with Crippen molar-refractivity contribution in [2.45, 2.75) is 0 Å². The second-order valence-electron chi connectivity index (χ2n) is 12.1. The first-order chi connectivity index (χ1) is 24.2. The fraction of sp³-hybridized carbons (Fsp3) is 0. The third-order valence-corrected chi connectivity index (χ3v) is 10.1. The molecule has 0 amide bonds. The van der Waals surface area contributed by atoms with Gasteiger partial charge in [0.2, 0.25) is 0 Å². The van der Waals surface area contributed by atoms with Crippen LogP contribution in [-0.2, 0) is 0 Å². The first kappa shape index (κ1) is 29.0. The molecule has 0 fully saturated rings. The molecule has 49 heavy (non-hydrogen) atoms. The number of benzene rings is 7. The summed E-state index contributed by atoms with van der Waals surface area (Å²) in [5, 5.41) is 2.59. The summed E-state index contributed by atoms with van der Waals surface area (Å²) in [6.07, 6.45) is 0. The maximum absolute atomic E-state index is 5.08. The predicted octanol–water partition coefficient (Wildman–Crippen LogP) is 12.2. The lowest BCUT2D eigenvalue weighted by Gasteiger charge is -2.13. The highest BCUT2D eigenvalue weighted by Gasteiger charge is 2.16. The number of thiophene rings is 1. The molecule has 230 valence electrons. The second kappa shape index (κ2) is 12.4. The van der Waals surface area contributed by atoms with Crippen molar-refractivity contribution in [1.29, 1.82) is 0 Å². The van der Waals surface area contributed by atoms with Crippen LogP contribution in [-0.4, -0.2) is 15.0 Å². The Bertz CT molecular complexity index is 2520. The molecular formula is C45H29N3S. The molecule has 0 aliphatic heterocycles. The van der Waals surface area contributed by atoms with Crippen molar-refractivity contribution in [3.05, 3.63) is 176 Å². The van der Waals surface area contributed by atoms with Gasteiger partial charge in [0.05, 0.1) is 0 Å². The molecule has 0 atom stereocenters. The van der Waals surface area contributed by atoms with Gasteiger partial charge in [-0.1, -0.05) is 146 Å². The Balaban J connectivity index is 1.23. The average Bonchev–Trinajstić information content (AvgIpc) is 3.57. The van der Waals surface area contributed by atoms with E-state index in [1.165, 1.54) is 31.3 Å². The maximum Gasteiger partial charge on any atom is 0.164 e. The van der Waals surface area contributed by atoms with Crippen LogP contribution in [0, 0.1) is 0 Å². The molecule has 4 heteroatoms. The molecule has 9 aromatic rings. The lowest BCUT2D eigenvalue weighted by molar-refractivity contribution is 1.07. The number of hydrogen-bond donors (Lipinski definition) is 0. The van der Waals surface area contributed by atoms with Gasteiger partial charge in [0.25, 0.3) is 0 Å². The summed E-state index contributed by atoms with van der Waals surface area (Å²) in [7, 11) is 0.